The molecule has 6 atom stereocenters. The van der Waals surface area contributed by atoms with E-state index in [2.05, 4.69) is 33.4 Å². The van der Waals surface area contributed by atoms with E-state index in [1.807, 2.05) is 12.1 Å². The first-order chi connectivity index (χ1) is 14.5. The number of anilines is 2. The molecule has 5 aliphatic rings. The van der Waals surface area contributed by atoms with Crippen molar-refractivity contribution in [2.45, 2.75) is 6.42 Å². The van der Waals surface area contributed by atoms with Crippen LogP contribution in [0, 0.1) is 35.5 Å². The minimum atomic E-state index is -0.279. The second-order valence-electron chi connectivity index (χ2n) is 8.68. The second kappa shape index (κ2) is 6.38. The molecule has 0 aromatic heterocycles. The number of nitrogens with zero attached hydrogens (tertiary/aromatic N) is 1. The number of amides is 3. The monoisotopic (exact) mass is 462 g/mol. The summed E-state index contributed by atoms with van der Waals surface area (Å²) in [7, 11) is 0. The van der Waals surface area contributed by atoms with Crippen molar-refractivity contribution in [3.8, 4) is 0 Å². The van der Waals surface area contributed by atoms with Crippen LogP contribution in [0.5, 0.6) is 0 Å². The van der Waals surface area contributed by atoms with Gasteiger partial charge in [0, 0.05) is 15.7 Å². The number of hydrogen-bond acceptors (Lipinski definition) is 3. The fourth-order valence-corrected chi connectivity index (χ4v) is 6.00. The van der Waals surface area contributed by atoms with Gasteiger partial charge in [-0.1, -0.05) is 34.1 Å². The van der Waals surface area contributed by atoms with Crippen LogP contribution < -0.4 is 10.2 Å². The van der Waals surface area contributed by atoms with Crippen LogP contribution in [0.1, 0.15) is 16.8 Å². The van der Waals surface area contributed by atoms with Gasteiger partial charge < -0.3 is 5.32 Å². The lowest BCUT2D eigenvalue weighted by Crippen LogP contribution is -2.40. The highest BCUT2D eigenvalue weighted by molar-refractivity contribution is 9.10. The highest BCUT2D eigenvalue weighted by atomic mass is 79.9. The Bertz CT molecular complexity index is 1090. The summed E-state index contributed by atoms with van der Waals surface area (Å²) in [5.74, 6) is 0.541. The number of carbonyl (C=O) groups is 3. The van der Waals surface area contributed by atoms with E-state index in [0.29, 0.717) is 28.8 Å². The van der Waals surface area contributed by atoms with Crippen LogP contribution in [-0.4, -0.2) is 17.7 Å². The largest absolute Gasteiger partial charge is 0.322 e. The zero-order chi connectivity index (χ0) is 20.6. The first kappa shape index (κ1) is 18.1. The van der Waals surface area contributed by atoms with E-state index in [1.54, 1.807) is 36.4 Å². The fourth-order valence-electron chi connectivity index (χ4n) is 5.73. The molecular formula is C24H19BrN2O3. The molecule has 5 nitrogen and oxygen atoms in total. The molecule has 2 saturated carbocycles. The lowest BCUT2D eigenvalue weighted by molar-refractivity contribution is -0.124. The van der Waals surface area contributed by atoms with E-state index in [4.69, 9.17) is 0 Å². The summed E-state index contributed by atoms with van der Waals surface area (Å²) in [5, 5.41) is 2.85. The average Bonchev–Trinajstić information content (AvgIpc) is 3.53. The topological polar surface area (TPSA) is 66.5 Å². The van der Waals surface area contributed by atoms with Crippen LogP contribution in [0.4, 0.5) is 11.4 Å². The van der Waals surface area contributed by atoms with E-state index in [-0.39, 0.29) is 41.4 Å². The molecule has 6 heteroatoms. The molecule has 4 aliphatic carbocycles. The third kappa shape index (κ3) is 2.56. The summed E-state index contributed by atoms with van der Waals surface area (Å²) in [6, 6.07) is 14.1. The molecule has 2 bridgehead atoms. The number of rotatable bonds is 3. The van der Waals surface area contributed by atoms with E-state index >= 15 is 0 Å². The van der Waals surface area contributed by atoms with Crippen molar-refractivity contribution >= 4 is 45.0 Å². The SMILES string of the molecule is O=C(Nc1ccc(Br)cc1)c1cccc(N2C(=O)[C@@H]3[C@H]4C=C[C@@H]([C@@H]5C[C@H]45)[C@H]3C2=O)c1. The molecule has 2 aromatic rings. The molecule has 0 unspecified atom stereocenters. The smallest absolute Gasteiger partial charge is 0.255 e. The first-order valence-electron chi connectivity index (χ1n) is 10.3. The molecule has 1 aliphatic heterocycles. The zero-order valence-electron chi connectivity index (χ0n) is 16.0. The third-order valence-corrected chi connectivity index (χ3v) is 7.66. The van der Waals surface area contributed by atoms with Gasteiger partial charge in [-0.3, -0.25) is 14.4 Å². The maximum absolute atomic E-state index is 13.3. The summed E-state index contributed by atoms with van der Waals surface area (Å²) >= 11 is 3.37. The van der Waals surface area contributed by atoms with Crippen molar-refractivity contribution in [3.63, 3.8) is 0 Å². The third-order valence-electron chi connectivity index (χ3n) is 7.13. The predicted molar refractivity (Wildman–Crippen MR) is 116 cm³/mol. The normalized spacial score (nSPS) is 32.8. The van der Waals surface area contributed by atoms with Crippen molar-refractivity contribution < 1.29 is 14.4 Å². The van der Waals surface area contributed by atoms with Crippen molar-refractivity contribution in [2.24, 2.45) is 35.5 Å². The van der Waals surface area contributed by atoms with Crippen LogP contribution in [-0.2, 0) is 9.59 Å². The summed E-state index contributed by atoms with van der Waals surface area (Å²) in [5.41, 5.74) is 1.57. The number of carbonyl (C=O) groups excluding carboxylic acids is 3. The van der Waals surface area contributed by atoms with Crippen LogP contribution in [0.15, 0.2) is 65.2 Å². The number of nitrogens with one attached hydrogen (secondary N) is 1. The molecule has 2 aromatic carbocycles. The number of hydrogen-bond donors (Lipinski definition) is 1. The quantitative estimate of drug-likeness (QED) is 0.547. The Morgan fingerprint density at radius 2 is 1.57 bits per heavy atom. The van der Waals surface area contributed by atoms with Gasteiger partial charge in [0.15, 0.2) is 0 Å². The molecule has 1 saturated heterocycles. The van der Waals surface area contributed by atoms with Gasteiger partial charge in [0.1, 0.15) is 0 Å². The van der Waals surface area contributed by atoms with E-state index in [9.17, 15) is 14.4 Å². The highest BCUT2D eigenvalue weighted by Crippen LogP contribution is 2.65. The Labute approximate surface area is 182 Å². The number of halogens is 1. The number of allylic oxidation sites excluding steroid dienone is 2. The van der Waals surface area contributed by atoms with Crippen LogP contribution in [0.2, 0.25) is 0 Å². The molecule has 3 fully saturated rings. The van der Waals surface area contributed by atoms with Gasteiger partial charge in [-0.2, -0.15) is 0 Å². The Morgan fingerprint density at radius 3 is 2.20 bits per heavy atom. The molecule has 150 valence electrons. The summed E-state index contributed by atoms with van der Waals surface area (Å²) in [6.45, 7) is 0. The molecule has 1 N–H and O–H groups in total. The summed E-state index contributed by atoms with van der Waals surface area (Å²) in [4.78, 5) is 40.6. The Balaban J connectivity index is 1.28. The van der Waals surface area contributed by atoms with Crippen molar-refractivity contribution in [1.82, 2.24) is 0 Å². The maximum Gasteiger partial charge on any atom is 0.255 e. The van der Waals surface area contributed by atoms with Crippen LogP contribution in [0.3, 0.4) is 0 Å². The van der Waals surface area contributed by atoms with Crippen LogP contribution >= 0.6 is 15.9 Å². The Morgan fingerprint density at radius 1 is 0.933 bits per heavy atom. The van der Waals surface area contributed by atoms with E-state index in [0.717, 1.165) is 10.9 Å². The highest BCUT2D eigenvalue weighted by Gasteiger charge is 2.67. The van der Waals surface area contributed by atoms with Gasteiger partial charge in [0.2, 0.25) is 11.8 Å². The first-order valence-corrected chi connectivity index (χ1v) is 11.1. The van der Waals surface area contributed by atoms with Crippen LogP contribution in [0.25, 0.3) is 0 Å². The van der Waals surface area contributed by atoms with Gasteiger partial charge in [0.05, 0.1) is 17.5 Å². The Kier molecular flexibility index (Phi) is 3.84. The summed E-state index contributed by atoms with van der Waals surface area (Å²) in [6.07, 6.45) is 5.47. The molecule has 3 amide bonds. The number of imide groups is 1. The molecule has 0 spiro atoms. The van der Waals surface area contributed by atoms with Crippen molar-refractivity contribution in [1.29, 1.82) is 0 Å². The van der Waals surface area contributed by atoms with Crippen molar-refractivity contribution in [2.75, 3.05) is 10.2 Å². The zero-order valence-corrected chi connectivity index (χ0v) is 17.6. The van der Waals surface area contributed by atoms with Gasteiger partial charge in [0.25, 0.3) is 5.91 Å². The molecule has 7 rings (SSSR count). The number of benzene rings is 2. The average molecular weight is 463 g/mol. The lowest BCUT2D eigenvalue weighted by atomic mass is 9.63. The van der Waals surface area contributed by atoms with Gasteiger partial charge in [-0.15, -0.1) is 0 Å². The molecule has 30 heavy (non-hydrogen) atoms. The molecule has 0 radical (unpaired) electrons. The lowest BCUT2D eigenvalue weighted by Gasteiger charge is -2.37. The molecular weight excluding hydrogens is 444 g/mol. The Hall–Kier alpha value is -2.73. The van der Waals surface area contributed by atoms with Gasteiger partial charge in [-0.25, -0.2) is 4.90 Å². The van der Waals surface area contributed by atoms with Gasteiger partial charge in [-0.05, 0) is 72.6 Å². The standard InChI is InChI=1S/C24H19BrN2O3/c25-13-4-6-14(7-5-13)26-22(28)12-2-1-3-15(10-12)27-23(29)20-16-8-9-17(19-11-18(16)19)21(20)24(27)30/h1-10,16-21H,11H2,(H,26,28)/t16-,17-,18-,19+,20+,21+/m0/s1. The minimum absolute atomic E-state index is 0.111. The van der Waals surface area contributed by atoms with Crippen molar-refractivity contribution in [3.05, 3.63) is 70.7 Å². The summed E-state index contributed by atoms with van der Waals surface area (Å²) < 4.78 is 0.927. The fraction of sp³-hybridized carbons (Fsp3) is 0.292. The maximum atomic E-state index is 13.3. The predicted octanol–water partition coefficient (Wildman–Crippen LogP) is 4.26. The molecule has 1 heterocycles. The van der Waals surface area contributed by atoms with E-state index in [1.165, 1.54) is 4.90 Å². The second-order valence-corrected chi connectivity index (χ2v) is 9.59. The van der Waals surface area contributed by atoms with Gasteiger partial charge >= 0.3 is 0 Å². The minimum Gasteiger partial charge on any atom is -0.322 e. The van der Waals surface area contributed by atoms with E-state index < -0.39 is 0 Å².